The van der Waals surface area contributed by atoms with Crippen molar-refractivity contribution in [2.75, 3.05) is 0 Å². The van der Waals surface area contributed by atoms with E-state index in [0.717, 1.165) is 212 Å². The third-order valence-electron chi connectivity index (χ3n) is 38.2. The van der Waals surface area contributed by atoms with E-state index >= 15 is 0 Å². The van der Waals surface area contributed by atoms with Crippen molar-refractivity contribution in [3.8, 4) is 28.4 Å². The van der Waals surface area contributed by atoms with E-state index in [1.54, 1.807) is 60.7 Å². The van der Waals surface area contributed by atoms with Crippen molar-refractivity contribution in [2.45, 2.75) is 270 Å². The number of nitrogens with zero attached hydrogens (tertiary/aromatic N) is 10. The molecular weight excluding hydrogens is 1880 g/mol. The van der Waals surface area contributed by atoms with Gasteiger partial charge in [-0.25, -0.2) is 45.4 Å². The van der Waals surface area contributed by atoms with Crippen LogP contribution in [0.25, 0.3) is 46.7 Å². The van der Waals surface area contributed by atoms with Gasteiger partial charge in [-0.05, 0) is 437 Å². The van der Waals surface area contributed by atoms with E-state index in [1.165, 1.54) is 171 Å². The highest BCUT2D eigenvalue weighted by Gasteiger charge is 2.59. The van der Waals surface area contributed by atoms with Gasteiger partial charge in [-0.15, -0.1) is 0 Å². The van der Waals surface area contributed by atoms with Crippen molar-refractivity contribution in [1.29, 1.82) is 0 Å². The molecule has 17 atom stereocenters. The lowest BCUT2D eigenvalue weighted by molar-refractivity contribution is -0.0470. The fourth-order valence-electron chi connectivity index (χ4n) is 29.4. The van der Waals surface area contributed by atoms with E-state index in [0.29, 0.717) is 36.0 Å². The van der Waals surface area contributed by atoms with Crippen LogP contribution in [0.15, 0.2) is 290 Å². The Hall–Kier alpha value is -12.3. The predicted octanol–water partition coefficient (Wildman–Crippen LogP) is 26.8. The van der Waals surface area contributed by atoms with E-state index in [4.69, 9.17) is 0 Å². The van der Waals surface area contributed by atoms with E-state index in [-0.39, 0.29) is 104 Å². The molecule has 12 aliphatic carbocycles. The summed E-state index contributed by atoms with van der Waals surface area (Å²) in [6, 6.07) is 74.2. The second-order valence-corrected chi connectivity index (χ2v) is 47.2. The summed E-state index contributed by atoms with van der Waals surface area (Å²) in [4.78, 5) is 0. The molecule has 0 saturated heterocycles. The summed E-state index contributed by atoms with van der Waals surface area (Å²) in [6.45, 7) is 11.8. The van der Waals surface area contributed by atoms with Crippen LogP contribution in [0, 0.1) is 104 Å². The lowest BCUT2D eigenvalue weighted by Gasteiger charge is -2.52. The highest BCUT2D eigenvalue weighted by atomic mass is 19.1. The van der Waals surface area contributed by atoms with Crippen LogP contribution in [0.2, 0.25) is 0 Å². The molecule has 20 heteroatoms. The lowest BCUT2D eigenvalue weighted by atomic mass is 9.54. The zero-order valence-corrected chi connectivity index (χ0v) is 87.2. The molecule has 0 bridgehead atoms. The first-order valence-corrected chi connectivity index (χ1v) is 55.5. The first-order chi connectivity index (χ1) is 72.7. The number of hydrogen-bond acceptors (Lipinski definition) is 10. The van der Waals surface area contributed by atoms with Crippen LogP contribution in [-0.4, -0.2) is 105 Å². The molecule has 7 saturated carbocycles. The molecule has 5 N–H and O–H groups in total. The number of halogens is 5. The molecular formula is C130H143F5N10O5. The molecule has 5 heterocycles. The Morgan fingerprint density at radius 1 is 0.307 bits per heavy atom. The van der Waals surface area contributed by atoms with Crippen LogP contribution in [0.1, 0.15) is 248 Å². The van der Waals surface area contributed by atoms with Crippen LogP contribution < -0.4 is 0 Å². The first-order valence-electron chi connectivity index (χ1n) is 55.5. The van der Waals surface area contributed by atoms with Gasteiger partial charge in [-0.3, -0.25) is 0 Å². The van der Waals surface area contributed by atoms with Gasteiger partial charge in [-0.1, -0.05) is 198 Å². The van der Waals surface area contributed by atoms with Gasteiger partial charge in [0.2, 0.25) is 0 Å². The topological polar surface area (TPSA) is 190 Å². The standard InChI is InChI=1S/C28H29FN2O.2C26H29FN2O.C26H27FN2O.C24H29FN2O/c1-27-17-19-18-30-31(23-12-10-22(29)11-13-23)25(19)16-21(27)8-5-9-24(27)26(32)28(14-15-28)20-6-3-2-4-7-20;3*1-26-16-19-17-28-29(22-12-10-21(27)11-13-22)24(19)15-20(26)8-5-9-23(26)25(30)14-18-6-3-2-4-7-18;1-24-14-17-15-26-27(20-10-8-19(25)9-11-20)22(17)13-18(24)3-2-4-21(24)23(28)12-7-16-5-6-16/h2-4,6-7,10-13,16,18,24,26,32H,5,8-9,14-15,17H2,1H3;2*2-4,6-7,10-13,17,20,23,25,30H,5,8-9,14-16H2,1H3;2-4,6-7,10-13,15,17,23,25,30H,5,8-9,14,16H2,1H3;8-11,13,15-16,21,23,28H,2-7,12,14H2,1H3/t24-,26-,27+;20-,23+,25-,26-;20-,23-,25+,26+;23-,25-,26+;21-,23+,24+/m10111/s1. The maximum absolute atomic E-state index is 13.4. The predicted molar refractivity (Wildman–Crippen MR) is 581 cm³/mol. The van der Waals surface area contributed by atoms with Gasteiger partial charge in [0, 0.05) is 16.8 Å². The zero-order chi connectivity index (χ0) is 103. The average Bonchev–Trinajstić information content (AvgIpc) is 1.54. The lowest BCUT2D eigenvalue weighted by Crippen LogP contribution is -2.49. The van der Waals surface area contributed by atoms with Gasteiger partial charge < -0.3 is 25.5 Å². The molecule has 14 aromatic rings. The van der Waals surface area contributed by atoms with Crippen molar-refractivity contribution in [1.82, 2.24) is 48.9 Å². The minimum Gasteiger partial charge on any atom is -0.393 e. The molecule has 0 unspecified atom stereocenters. The van der Waals surface area contributed by atoms with E-state index in [9.17, 15) is 47.5 Å². The molecule has 12 aliphatic rings. The molecule has 150 heavy (non-hydrogen) atoms. The molecule has 5 aromatic heterocycles. The van der Waals surface area contributed by atoms with Crippen molar-refractivity contribution in [2.24, 2.45) is 74.4 Å². The van der Waals surface area contributed by atoms with Crippen LogP contribution in [0.5, 0.6) is 0 Å². The van der Waals surface area contributed by atoms with Crippen LogP contribution in [-0.2, 0) is 69.6 Å². The van der Waals surface area contributed by atoms with Gasteiger partial charge in [0.05, 0.1) is 107 Å². The summed E-state index contributed by atoms with van der Waals surface area (Å²) in [5.41, 5.74) is 25.6. The first kappa shape index (κ1) is 102. The van der Waals surface area contributed by atoms with Crippen molar-refractivity contribution >= 4 is 18.2 Å². The average molecular weight is 2020 g/mol. The zero-order valence-electron chi connectivity index (χ0n) is 87.2. The normalized spacial score (nSPS) is 26.3. The summed E-state index contributed by atoms with van der Waals surface area (Å²) in [6.07, 6.45) is 47.4. The quantitative estimate of drug-likeness (QED) is 0.0433. The molecule has 0 amide bonds. The van der Waals surface area contributed by atoms with Gasteiger partial charge >= 0.3 is 0 Å². The number of aromatic nitrogens is 10. The SMILES string of the molecule is C[C@]12Cc3cnn(-c4ccc(F)cc4)c3C=C1CCC[C@@H]2[C@@H](O)C1(c2ccccc2)CC1.C[C@]12Cc3cnn(-c4ccc(F)cc4)c3C=C1CCC[C@@H]2[C@@H](O)CCC1CC1.C[C@]12Cc3cnn(-c4ccc(F)cc4)c3C=C1CCC[C@@H]2[C@H](O)Cc1ccccc1.C[C@]12Cc3cnn(-c4ccc(F)cc4)c3C[C@@H]1CCC[C@@H]2[C@@H](O)Cc1ccccc1.C[C@]12Cc3cnn(-c4ccc(F)cc4)c3C[C@H]1CCC[C@@H]2[C@@H](O)Cc1ccccc1. The minimum atomic E-state index is -0.366. The number of fused-ring (bicyclic) bond motifs is 10. The van der Waals surface area contributed by atoms with Crippen LogP contribution in [0.4, 0.5) is 22.0 Å². The van der Waals surface area contributed by atoms with Crippen molar-refractivity contribution in [3.63, 3.8) is 0 Å². The molecule has 0 radical (unpaired) electrons. The molecule has 7 fully saturated rings. The second-order valence-electron chi connectivity index (χ2n) is 47.2. The maximum Gasteiger partial charge on any atom is 0.123 e. The van der Waals surface area contributed by atoms with Crippen LogP contribution in [0.3, 0.4) is 0 Å². The Morgan fingerprint density at radius 3 is 0.940 bits per heavy atom. The Morgan fingerprint density at radius 2 is 0.600 bits per heavy atom. The molecule has 9 aromatic carbocycles. The fraction of sp³-hybridized carbons (Fsp3) is 0.423. The molecule has 15 nitrogen and oxygen atoms in total. The summed E-state index contributed by atoms with van der Waals surface area (Å²) in [5, 5.41) is 79.7. The molecule has 778 valence electrons. The van der Waals surface area contributed by atoms with Crippen LogP contribution >= 0.6 is 0 Å². The van der Waals surface area contributed by atoms with Gasteiger partial charge in [-0.2, -0.15) is 25.5 Å². The van der Waals surface area contributed by atoms with Crippen molar-refractivity contribution < 1.29 is 47.5 Å². The number of aliphatic hydroxyl groups is 5. The Balaban J connectivity index is 0.000000106. The van der Waals surface area contributed by atoms with Gasteiger partial charge in [0.1, 0.15) is 29.1 Å². The number of rotatable bonds is 21. The van der Waals surface area contributed by atoms with Gasteiger partial charge in [0.15, 0.2) is 0 Å². The Bertz CT molecular complexity index is 6970. The fourth-order valence-corrected chi connectivity index (χ4v) is 29.4. The monoisotopic (exact) mass is 2020 g/mol. The molecule has 0 spiro atoms. The third-order valence-corrected chi connectivity index (χ3v) is 38.2. The summed E-state index contributed by atoms with van der Waals surface area (Å²) < 4.78 is 76.5. The summed E-state index contributed by atoms with van der Waals surface area (Å²) >= 11 is 0. The van der Waals surface area contributed by atoms with Crippen molar-refractivity contribution in [3.05, 3.63) is 398 Å². The summed E-state index contributed by atoms with van der Waals surface area (Å²) in [7, 11) is 0. The largest absolute Gasteiger partial charge is 0.393 e. The highest BCUT2D eigenvalue weighted by molar-refractivity contribution is 5.65. The van der Waals surface area contributed by atoms with E-state index in [1.807, 2.05) is 109 Å². The number of benzene rings is 9. The third kappa shape index (κ3) is 20.5. The smallest absolute Gasteiger partial charge is 0.123 e. The second kappa shape index (κ2) is 42.7. The number of allylic oxidation sites excluding steroid dienone is 3. The van der Waals surface area contributed by atoms with E-state index < -0.39 is 0 Å². The number of hydrogen-bond donors (Lipinski definition) is 5. The molecule has 26 rings (SSSR count). The molecule has 0 aliphatic heterocycles. The Labute approximate surface area is 879 Å². The summed E-state index contributed by atoms with van der Waals surface area (Å²) in [5.74, 6) is 2.13. The van der Waals surface area contributed by atoms with E-state index in [2.05, 4.69) is 145 Å². The van der Waals surface area contributed by atoms with Gasteiger partial charge in [0.25, 0.3) is 0 Å². The number of aliphatic hydroxyl groups excluding tert-OH is 5. The highest BCUT2D eigenvalue weighted by Crippen LogP contribution is 2.63. The Kier molecular flexibility index (Phi) is 29.1. The minimum absolute atomic E-state index is 0.0187. The maximum atomic E-state index is 13.4.